The van der Waals surface area contributed by atoms with E-state index in [4.69, 9.17) is 11.6 Å². The van der Waals surface area contributed by atoms with Crippen LogP contribution in [-0.4, -0.2) is 14.5 Å². The standard InChI is InChI=1S/C12H13BrClN3/c1-7(14)11-16-10-5-8(13)6-15-12(10)17(11)9-3-2-4-9/h5-7,9H,2-4H2,1H3. The second kappa shape index (κ2) is 4.25. The second-order valence-corrected chi connectivity index (χ2v) is 6.11. The highest BCUT2D eigenvalue weighted by Gasteiger charge is 2.26. The summed E-state index contributed by atoms with van der Waals surface area (Å²) in [6.07, 6.45) is 5.53. The molecule has 3 rings (SSSR count). The number of nitrogens with zero attached hydrogens (tertiary/aromatic N) is 3. The van der Waals surface area contributed by atoms with Crippen molar-refractivity contribution in [2.75, 3.05) is 0 Å². The quantitative estimate of drug-likeness (QED) is 0.777. The average molecular weight is 315 g/mol. The molecule has 1 aliphatic carbocycles. The van der Waals surface area contributed by atoms with Gasteiger partial charge in [-0.1, -0.05) is 0 Å². The van der Waals surface area contributed by atoms with E-state index >= 15 is 0 Å². The number of alkyl halides is 1. The van der Waals surface area contributed by atoms with Crippen LogP contribution >= 0.6 is 27.5 Å². The van der Waals surface area contributed by atoms with Crippen LogP contribution in [0.1, 0.15) is 43.4 Å². The van der Waals surface area contributed by atoms with E-state index in [2.05, 4.69) is 30.5 Å². The van der Waals surface area contributed by atoms with Gasteiger partial charge in [0, 0.05) is 16.7 Å². The van der Waals surface area contributed by atoms with Crippen molar-refractivity contribution < 1.29 is 0 Å². The predicted molar refractivity (Wildman–Crippen MR) is 72.4 cm³/mol. The van der Waals surface area contributed by atoms with E-state index in [0.29, 0.717) is 6.04 Å². The maximum atomic E-state index is 6.22. The molecule has 1 fully saturated rings. The van der Waals surface area contributed by atoms with E-state index in [-0.39, 0.29) is 5.38 Å². The van der Waals surface area contributed by atoms with Crippen LogP contribution in [0.25, 0.3) is 11.2 Å². The van der Waals surface area contributed by atoms with Gasteiger partial charge in [-0.05, 0) is 48.2 Å². The van der Waals surface area contributed by atoms with Crippen molar-refractivity contribution >= 4 is 38.7 Å². The lowest BCUT2D eigenvalue weighted by Gasteiger charge is -2.29. The highest BCUT2D eigenvalue weighted by Crippen LogP contribution is 2.37. The molecule has 0 aromatic carbocycles. The number of pyridine rings is 1. The van der Waals surface area contributed by atoms with Gasteiger partial charge < -0.3 is 4.57 Å². The molecule has 1 aliphatic rings. The number of rotatable bonds is 2. The average Bonchev–Trinajstić information content (AvgIpc) is 2.54. The molecule has 1 unspecified atom stereocenters. The van der Waals surface area contributed by atoms with Crippen LogP contribution in [0.3, 0.4) is 0 Å². The molecule has 90 valence electrons. The third kappa shape index (κ3) is 1.87. The molecule has 2 heterocycles. The first-order valence-corrected chi connectivity index (χ1v) is 7.07. The third-order valence-corrected chi connectivity index (χ3v) is 3.95. The van der Waals surface area contributed by atoms with E-state index in [9.17, 15) is 0 Å². The zero-order valence-corrected chi connectivity index (χ0v) is 11.9. The molecule has 0 bridgehead atoms. The topological polar surface area (TPSA) is 30.7 Å². The van der Waals surface area contributed by atoms with E-state index in [1.807, 2.05) is 19.2 Å². The van der Waals surface area contributed by atoms with E-state index in [1.54, 1.807) is 0 Å². The minimum Gasteiger partial charge on any atom is -0.308 e. The molecule has 17 heavy (non-hydrogen) atoms. The van der Waals surface area contributed by atoms with E-state index < -0.39 is 0 Å². The fraction of sp³-hybridized carbons (Fsp3) is 0.500. The Bertz CT molecular complexity index is 560. The molecule has 0 N–H and O–H groups in total. The Hall–Kier alpha value is -0.610. The Morgan fingerprint density at radius 1 is 1.53 bits per heavy atom. The monoisotopic (exact) mass is 313 g/mol. The summed E-state index contributed by atoms with van der Waals surface area (Å²) in [7, 11) is 0. The van der Waals surface area contributed by atoms with Gasteiger partial charge in [-0.25, -0.2) is 9.97 Å². The fourth-order valence-electron chi connectivity index (χ4n) is 2.26. The predicted octanol–water partition coefficient (Wildman–Crippen LogP) is 4.22. The van der Waals surface area contributed by atoms with Gasteiger partial charge in [-0.3, -0.25) is 0 Å². The molecule has 0 amide bonds. The van der Waals surface area contributed by atoms with Gasteiger partial charge in [0.05, 0.1) is 5.38 Å². The van der Waals surface area contributed by atoms with Crippen molar-refractivity contribution in [2.45, 2.75) is 37.6 Å². The van der Waals surface area contributed by atoms with Crippen molar-refractivity contribution in [1.82, 2.24) is 14.5 Å². The van der Waals surface area contributed by atoms with Gasteiger partial charge in [0.15, 0.2) is 5.65 Å². The minimum atomic E-state index is -0.0800. The van der Waals surface area contributed by atoms with Crippen molar-refractivity contribution in [3.63, 3.8) is 0 Å². The first-order valence-electron chi connectivity index (χ1n) is 5.84. The van der Waals surface area contributed by atoms with Gasteiger partial charge in [-0.2, -0.15) is 0 Å². The van der Waals surface area contributed by atoms with Crippen molar-refractivity contribution in [3.05, 3.63) is 22.6 Å². The second-order valence-electron chi connectivity index (χ2n) is 4.54. The van der Waals surface area contributed by atoms with Crippen molar-refractivity contribution in [3.8, 4) is 0 Å². The number of hydrogen-bond acceptors (Lipinski definition) is 2. The van der Waals surface area contributed by atoms with Crippen LogP contribution in [0.2, 0.25) is 0 Å². The summed E-state index contributed by atoms with van der Waals surface area (Å²) in [5.41, 5.74) is 1.88. The lowest BCUT2D eigenvalue weighted by Crippen LogP contribution is -2.19. The Morgan fingerprint density at radius 2 is 2.29 bits per heavy atom. The Labute approximate surface area is 113 Å². The Kier molecular flexibility index (Phi) is 2.87. The van der Waals surface area contributed by atoms with Crippen LogP contribution in [0.15, 0.2) is 16.7 Å². The zero-order valence-electron chi connectivity index (χ0n) is 9.53. The summed E-state index contributed by atoms with van der Waals surface area (Å²) in [6, 6.07) is 2.53. The van der Waals surface area contributed by atoms with Crippen molar-refractivity contribution in [2.24, 2.45) is 0 Å². The van der Waals surface area contributed by atoms with Gasteiger partial charge in [-0.15, -0.1) is 11.6 Å². The molecule has 2 aromatic rings. The summed E-state index contributed by atoms with van der Waals surface area (Å²) >= 11 is 9.65. The SMILES string of the molecule is CC(Cl)c1nc2cc(Br)cnc2n1C1CCC1. The maximum Gasteiger partial charge on any atom is 0.160 e. The van der Waals surface area contributed by atoms with Gasteiger partial charge >= 0.3 is 0 Å². The first kappa shape index (κ1) is 11.5. The molecule has 0 aliphatic heterocycles. The van der Waals surface area contributed by atoms with Crippen LogP contribution in [-0.2, 0) is 0 Å². The van der Waals surface area contributed by atoms with Crippen LogP contribution in [0, 0.1) is 0 Å². The molecule has 0 spiro atoms. The molecule has 0 radical (unpaired) electrons. The molecule has 1 saturated carbocycles. The summed E-state index contributed by atoms with van der Waals surface area (Å²) in [5, 5.41) is -0.0800. The van der Waals surface area contributed by atoms with Gasteiger partial charge in [0.2, 0.25) is 0 Å². The third-order valence-electron chi connectivity index (χ3n) is 3.32. The molecule has 1 atom stereocenters. The smallest absolute Gasteiger partial charge is 0.160 e. The van der Waals surface area contributed by atoms with Crippen LogP contribution in [0.5, 0.6) is 0 Å². The first-order chi connectivity index (χ1) is 8.16. The molecular formula is C12H13BrClN3. The van der Waals surface area contributed by atoms with E-state index in [0.717, 1.165) is 21.5 Å². The number of aromatic nitrogens is 3. The molecule has 3 nitrogen and oxygen atoms in total. The fourth-order valence-corrected chi connectivity index (χ4v) is 2.73. The highest BCUT2D eigenvalue weighted by molar-refractivity contribution is 9.10. The lowest BCUT2D eigenvalue weighted by molar-refractivity contribution is 0.312. The maximum absolute atomic E-state index is 6.22. The van der Waals surface area contributed by atoms with E-state index in [1.165, 1.54) is 19.3 Å². The highest BCUT2D eigenvalue weighted by atomic mass is 79.9. The molecular weight excluding hydrogens is 302 g/mol. The largest absolute Gasteiger partial charge is 0.308 e. The molecule has 5 heteroatoms. The summed E-state index contributed by atoms with van der Waals surface area (Å²) in [4.78, 5) is 9.10. The van der Waals surface area contributed by atoms with Gasteiger partial charge in [0.1, 0.15) is 11.3 Å². The van der Waals surface area contributed by atoms with Crippen molar-refractivity contribution in [1.29, 1.82) is 0 Å². The minimum absolute atomic E-state index is 0.0800. The Morgan fingerprint density at radius 3 is 2.88 bits per heavy atom. The normalized spacial score (nSPS) is 18.3. The van der Waals surface area contributed by atoms with Crippen LogP contribution in [0.4, 0.5) is 0 Å². The number of fused-ring (bicyclic) bond motifs is 1. The number of imidazole rings is 1. The number of halogens is 2. The molecule has 2 aromatic heterocycles. The summed E-state index contributed by atoms with van der Waals surface area (Å²) < 4.78 is 3.18. The Balaban J connectivity index is 2.23. The summed E-state index contributed by atoms with van der Waals surface area (Å²) in [6.45, 7) is 1.97. The van der Waals surface area contributed by atoms with Crippen LogP contribution < -0.4 is 0 Å². The zero-order chi connectivity index (χ0) is 12.0. The number of hydrogen-bond donors (Lipinski definition) is 0. The molecule has 0 saturated heterocycles. The lowest BCUT2D eigenvalue weighted by atomic mass is 9.92. The van der Waals surface area contributed by atoms with Gasteiger partial charge in [0.25, 0.3) is 0 Å². The summed E-state index contributed by atoms with van der Waals surface area (Å²) in [5.74, 6) is 0.942.